The van der Waals surface area contributed by atoms with Crippen molar-refractivity contribution in [1.29, 1.82) is 0 Å². The number of aromatic nitrogens is 1. The molecule has 0 amide bonds. The Bertz CT molecular complexity index is 608. The van der Waals surface area contributed by atoms with E-state index in [0.29, 0.717) is 0 Å². The van der Waals surface area contributed by atoms with E-state index in [1.54, 1.807) is 0 Å². The number of nitrogens with zero attached hydrogens (tertiary/aromatic N) is 1. The maximum Gasteiger partial charge on any atom is 0.0553 e. The van der Waals surface area contributed by atoms with E-state index in [2.05, 4.69) is 16.8 Å². The van der Waals surface area contributed by atoms with Crippen molar-refractivity contribution in [1.82, 2.24) is 9.88 Å². The van der Waals surface area contributed by atoms with Crippen molar-refractivity contribution in [3.8, 4) is 0 Å². The molecule has 0 radical (unpaired) electrons. The predicted molar refractivity (Wildman–Crippen MR) is 83.2 cm³/mol. The summed E-state index contributed by atoms with van der Waals surface area (Å²) in [7, 11) is 0. The number of hydrogen-bond donors (Lipinski definition) is 2. The number of halogens is 1. The molecule has 1 aromatic heterocycles. The van der Waals surface area contributed by atoms with Gasteiger partial charge in [0.1, 0.15) is 0 Å². The zero-order chi connectivity index (χ0) is 14.1. The van der Waals surface area contributed by atoms with Crippen LogP contribution in [0.4, 0.5) is 0 Å². The number of fused-ring (bicyclic) bond motifs is 1. The smallest absolute Gasteiger partial charge is 0.0553 e. The Morgan fingerprint density at radius 1 is 1.35 bits per heavy atom. The van der Waals surface area contributed by atoms with Crippen LogP contribution in [0.25, 0.3) is 10.9 Å². The molecule has 1 fully saturated rings. The Hall–Kier alpha value is -1.03. The van der Waals surface area contributed by atoms with Crippen molar-refractivity contribution < 1.29 is 5.11 Å². The third kappa shape index (κ3) is 2.85. The molecule has 108 valence electrons. The lowest BCUT2D eigenvalue weighted by Crippen LogP contribution is -2.25. The third-order valence-corrected chi connectivity index (χ3v) is 4.53. The molecule has 1 saturated heterocycles. The van der Waals surface area contributed by atoms with E-state index >= 15 is 0 Å². The molecular formula is C16H21ClN2O. The summed E-state index contributed by atoms with van der Waals surface area (Å²) >= 11 is 6.08. The predicted octanol–water partition coefficient (Wildman–Crippen LogP) is 3.48. The van der Waals surface area contributed by atoms with Gasteiger partial charge in [-0.05, 0) is 56.5 Å². The number of aromatic amines is 1. The van der Waals surface area contributed by atoms with Gasteiger partial charge in [0.05, 0.1) is 6.10 Å². The van der Waals surface area contributed by atoms with E-state index in [1.807, 2.05) is 18.2 Å². The summed E-state index contributed by atoms with van der Waals surface area (Å²) < 4.78 is 0. The van der Waals surface area contributed by atoms with Crippen LogP contribution < -0.4 is 0 Å². The number of H-pyrrole nitrogens is 1. The Morgan fingerprint density at radius 2 is 2.20 bits per heavy atom. The molecule has 1 aromatic carbocycles. The molecule has 1 atom stereocenters. The molecule has 3 rings (SSSR count). The highest BCUT2D eigenvalue weighted by Gasteiger charge is 2.17. The summed E-state index contributed by atoms with van der Waals surface area (Å²) in [6, 6.07) is 5.99. The summed E-state index contributed by atoms with van der Waals surface area (Å²) in [4.78, 5) is 5.93. The molecule has 0 saturated carbocycles. The van der Waals surface area contributed by atoms with Crippen LogP contribution in [0.15, 0.2) is 18.2 Å². The van der Waals surface area contributed by atoms with E-state index < -0.39 is 0 Å². The Labute approximate surface area is 124 Å². The number of aryl methyl sites for hydroxylation is 1. The van der Waals surface area contributed by atoms with E-state index in [0.717, 1.165) is 49.4 Å². The average molecular weight is 293 g/mol. The molecular weight excluding hydrogens is 272 g/mol. The van der Waals surface area contributed by atoms with Gasteiger partial charge in [-0.15, -0.1) is 0 Å². The van der Waals surface area contributed by atoms with E-state index in [1.165, 1.54) is 16.6 Å². The Balaban J connectivity index is 1.82. The van der Waals surface area contributed by atoms with E-state index in [-0.39, 0.29) is 6.10 Å². The van der Waals surface area contributed by atoms with Crippen molar-refractivity contribution >= 4 is 22.5 Å². The normalized spacial score (nSPS) is 21.2. The van der Waals surface area contributed by atoms with Crippen molar-refractivity contribution in [2.24, 2.45) is 0 Å². The van der Waals surface area contributed by atoms with Crippen LogP contribution in [-0.2, 0) is 6.54 Å². The van der Waals surface area contributed by atoms with E-state index in [4.69, 9.17) is 11.6 Å². The van der Waals surface area contributed by atoms with Crippen LogP contribution in [0.1, 0.15) is 30.5 Å². The minimum atomic E-state index is -0.123. The van der Waals surface area contributed by atoms with Gasteiger partial charge in [0.2, 0.25) is 0 Å². The first-order valence-corrected chi connectivity index (χ1v) is 7.68. The van der Waals surface area contributed by atoms with E-state index in [9.17, 15) is 5.11 Å². The molecule has 1 aliphatic heterocycles. The highest BCUT2D eigenvalue weighted by Crippen LogP contribution is 2.26. The molecule has 3 nitrogen and oxygen atoms in total. The van der Waals surface area contributed by atoms with Crippen molar-refractivity contribution in [3.63, 3.8) is 0 Å². The average Bonchev–Trinajstić information content (AvgIpc) is 2.60. The highest BCUT2D eigenvalue weighted by atomic mass is 35.5. The largest absolute Gasteiger partial charge is 0.393 e. The standard InChI is InChI=1S/C16H21ClN2O/c1-11-14-9-12(17)4-5-15(14)18-16(11)10-19-7-2-3-13(20)6-8-19/h4-5,9,13,18,20H,2-3,6-8,10H2,1H3/t13-/m1/s1. The molecule has 0 aliphatic carbocycles. The monoisotopic (exact) mass is 292 g/mol. The van der Waals surface area contributed by atoms with Gasteiger partial charge in [0.15, 0.2) is 0 Å². The number of rotatable bonds is 2. The molecule has 4 heteroatoms. The number of likely N-dealkylation sites (tertiary alicyclic amines) is 1. The number of aliphatic hydroxyl groups excluding tert-OH is 1. The maximum atomic E-state index is 9.72. The summed E-state index contributed by atoms with van der Waals surface area (Å²) in [5, 5.41) is 11.7. The van der Waals surface area contributed by atoms with Crippen molar-refractivity contribution in [2.45, 2.75) is 38.8 Å². The second-order valence-corrected chi connectivity index (χ2v) is 6.22. The Kier molecular flexibility index (Phi) is 4.01. The van der Waals surface area contributed by atoms with Crippen LogP contribution in [-0.4, -0.2) is 34.2 Å². The summed E-state index contributed by atoms with van der Waals surface area (Å²) in [6.45, 7) is 5.10. The minimum Gasteiger partial charge on any atom is -0.393 e. The van der Waals surface area contributed by atoms with Gasteiger partial charge >= 0.3 is 0 Å². The van der Waals surface area contributed by atoms with Crippen LogP contribution in [0.3, 0.4) is 0 Å². The molecule has 0 bridgehead atoms. The first-order chi connectivity index (χ1) is 9.63. The van der Waals surface area contributed by atoms with Crippen LogP contribution in [0.5, 0.6) is 0 Å². The van der Waals surface area contributed by atoms with Crippen LogP contribution in [0, 0.1) is 6.92 Å². The number of aliphatic hydroxyl groups is 1. The van der Waals surface area contributed by atoms with Gasteiger partial charge in [-0.3, -0.25) is 4.90 Å². The van der Waals surface area contributed by atoms with Gasteiger partial charge in [0, 0.05) is 34.7 Å². The molecule has 2 N–H and O–H groups in total. The molecule has 0 spiro atoms. The molecule has 2 heterocycles. The Morgan fingerprint density at radius 3 is 3.05 bits per heavy atom. The quantitative estimate of drug-likeness (QED) is 0.889. The van der Waals surface area contributed by atoms with Gasteiger partial charge < -0.3 is 10.1 Å². The number of benzene rings is 1. The second kappa shape index (κ2) is 5.76. The fourth-order valence-electron chi connectivity index (χ4n) is 3.03. The number of nitrogens with one attached hydrogen (secondary N) is 1. The molecule has 20 heavy (non-hydrogen) atoms. The van der Waals surface area contributed by atoms with Gasteiger partial charge in [-0.1, -0.05) is 11.6 Å². The summed E-state index contributed by atoms with van der Waals surface area (Å²) in [5.74, 6) is 0. The summed E-state index contributed by atoms with van der Waals surface area (Å²) in [5.41, 5.74) is 3.70. The molecule has 2 aromatic rings. The lowest BCUT2D eigenvalue weighted by Gasteiger charge is -2.19. The SMILES string of the molecule is Cc1c(CN2CCC[C@@H](O)CC2)[nH]c2ccc(Cl)cc12. The van der Waals surface area contributed by atoms with Crippen molar-refractivity contribution in [3.05, 3.63) is 34.5 Å². The summed E-state index contributed by atoms with van der Waals surface area (Å²) in [6.07, 6.45) is 2.76. The fraction of sp³-hybridized carbons (Fsp3) is 0.500. The van der Waals surface area contributed by atoms with Gasteiger partial charge in [-0.2, -0.15) is 0 Å². The first kappa shape index (κ1) is 13.9. The zero-order valence-electron chi connectivity index (χ0n) is 11.8. The van der Waals surface area contributed by atoms with Crippen LogP contribution >= 0.6 is 11.6 Å². The molecule has 1 aliphatic rings. The molecule has 0 unspecified atom stereocenters. The number of hydrogen-bond acceptors (Lipinski definition) is 2. The fourth-order valence-corrected chi connectivity index (χ4v) is 3.20. The van der Waals surface area contributed by atoms with Gasteiger partial charge in [0.25, 0.3) is 0 Å². The van der Waals surface area contributed by atoms with Crippen LogP contribution in [0.2, 0.25) is 5.02 Å². The second-order valence-electron chi connectivity index (χ2n) is 5.78. The lowest BCUT2D eigenvalue weighted by atomic mass is 10.1. The zero-order valence-corrected chi connectivity index (χ0v) is 12.6. The topological polar surface area (TPSA) is 39.3 Å². The minimum absolute atomic E-state index is 0.123. The van der Waals surface area contributed by atoms with Gasteiger partial charge in [-0.25, -0.2) is 0 Å². The lowest BCUT2D eigenvalue weighted by molar-refractivity contribution is 0.154. The maximum absolute atomic E-state index is 9.72. The third-order valence-electron chi connectivity index (χ3n) is 4.30. The van der Waals surface area contributed by atoms with Crippen molar-refractivity contribution in [2.75, 3.05) is 13.1 Å². The first-order valence-electron chi connectivity index (χ1n) is 7.30. The highest BCUT2D eigenvalue weighted by molar-refractivity contribution is 6.31.